The second-order valence-electron chi connectivity index (χ2n) is 5.16. The molecule has 0 unspecified atom stereocenters. The van der Waals surface area contributed by atoms with Gasteiger partial charge < -0.3 is 24.0 Å². The molecule has 0 bridgehead atoms. The molecule has 0 atom stereocenters. The first-order valence-corrected chi connectivity index (χ1v) is 9.68. The fourth-order valence-corrected chi connectivity index (χ4v) is 7.94. The van der Waals surface area contributed by atoms with Gasteiger partial charge >= 0.3 is 0 Å². The van der Waals surface area contributed by atoms with E-state index in [1.54, 1.807) is 5.56 Å². The van der Waals surface area contributed by atoms with Crippen LogP contribution in [0.2, 0.25) is 0 Å². The molecule has 0 aliphatic carbocycles. The smallest absolute Gasteiger partial charge is 0.0842 e. The molecule has 1 aromatic rings. The highest BCUT2D eigenvalue weighted by Crippen LogP contribution is 2.62. The van der Waals surface area contributed by atoms with Crippen LogP contribution in [-0.4, -0.2) is 18.5 Å². The van der Waals surface area contributed by atoms with Crippen LogP contribution in [-0.2, 0) is 6.16 Å². The maximum Gasteiger partial charge on any atom is 0.0842 e. The molecular formula is C16H28IP. The Hall–Kier alpha value is 0.380. The number of rotatable bonds is 8. The van der Waals surface area contributed by atoms with Gasteiger partial charge in [-0.1, -0.05) is 51.1 Å². The summed E-state index contributed by atoms with van der Waals surface area (Å²) in [6.07, 6.45) is 9.93. The van der Waals surface area contributed by atoms with Crippen LogP contribution < -0.4 is 24.0 Å². The average molecular weight is 378 g/mol. The quantitative estimate of drug-likeness (QED) is 0.482. The van der Waals surface area contributed by atoms with Crippen molar-refractivity contribution in [3.63, 3.8) is 0 Å². The first kappa shape index (κ1) is 18.4. The summed E-state index contributed by atoms with van der Waals surface area (Å²) in [5, 5.41) is 0. The van der Waals surface area contributed by atoms with Crippen LogP contribution in [0.25, 0.3) is 0 Å². The molecule has 0 radical (unpaired) electrons. The first-order valence-electron chi connectivity index (χ1n) is 7.15. The molecule has 0 nitrogen and oxygen atoms in total. The molecule has 0 spiro atoms. The average Bonchev–Trinajstić information content (AvgIpc) is 2.31. The molecule has 0 aromatic heterocycles. The fourth-order valence-electron chi connectivity index (χ4n) is 2.97. The van der Waals surface area contributed by atoms with E-state index < -0.39 is 7.26 Å². The molecule has 104 valence electrons. The predicted octanol–water partition coefficient (Wildman–Crippen LogP) is 2.44. The van der Waals surface area contributed by atoms with Crippen molar-refractivity contribution in [2.24, 2.45) is 0 Å². The predicted molar refractivity (Wildman–Crippen MR) is 82.5 cm³/mol. The Morgan fingerprint density at radius 3 is 1.61 bits per heavy atom. The summed E-state index contributed by atoms with van der Waals surface area (Å²) in [7, 11) is -0.718. The molecule has 1 aromatic carbocycles. The monoisotopic (exact) mass is 378 g/mol. The fraction of sp³-hybridized carbons (Fsp3) is 0.625. The van der Waals surface area contributed by atoms with Crippen molar-refractivity contribution in [1.82, 2.24) is 0 Å². The second kappa shape index (κ2) is 10.2. The van der Waals surface area contributed by atoms with Gasteiger partial charge in [0, 0.05) is 7.26 Å². The van der Waals surface area contributed by atoms with Crippen LogP contribution in [0.15, 0.2) is 30.3 Å². The van der Waals surface area contributed by atoms with E-state index in [1.165, 1.54) is 43.9 Å². The Morgan fingerprint density at radius 1 is 0.778 bits per heavy atom. The molecule has 0 heterocycles. The Balaban J connectivity index is 0.00000289. The Bertz CT molecular complexity index is 280. The zero-order valence-electron chi connectivity index (χ0n) is 12.2. The van der Waals surface area contributed by atoms with Gasteiger partial charge in [0.2, 0.25) is 0 Å². The summed E-state index contributed by atoms with van der Waals surface area (Å²) in [4.78, 5) is 0. The van der Waals surface area contributed by atoms with Crippen molar-refractivity contribution >= 4 is 7.26 Å². The van der Waals surface area contributed by atoms with Crippen molar-refractivity contribution < 1.29 is 24.0 Å². The Morgan fingerprint density at radius 2 is 1.22 bits per heavy atom. The first-order chi connectivity index (χ1) is 8.26. The van der Waals surface area contributed by atoms with Gasteiger partial charge in [0.15, 0.2) is 0 Å². The second-order valence-corrected chi connectivity index (χ2v) is 9.50. The summed E-state index contributed by atoms with van der Waals surface area (Å²) in [5.74, 6) is 0. The molecule has 0 aliphatic rings. The normalized spacial score (nSPS) is 11.1. The van der Waals surface area contributed by atoms with Crippen LogP contribution in [0.4, 0.5) is 0 Å². The molecular weight excluding hydrogens is 350 g/mol. The third-order valence-corrected chi connectivity index (χ3v) is 8.68. The van der Waals surface area contributed by atoms with Crippen LogP contribution in [0.3, 0.4) is 0 Å². The maximum absolute atomic E-state index is 2.35. The number of benzene rings is 1. The van der Waals surface area contributed by atoms with Crippen LogP contribution >= 0.6 is 7.26 Å². The molecule has 0 aliphatic heterocycles. The number of hydrogen-bond acceptors (Lipinski definition) is 0. The van der Waals surface area contributed by atoms with Gasteiger partial charge in [0.05, 0.1) is 24.6 Å². The molecule has 0 fully saturated rings. The lowest BCUT2D eigenvalue weighted by Gasteiger charge is -2.27. The van der Waals surface area contributed by atoms with E-state index in [9.17, 15) is 0 Å². The summed E-state index contributed by atoms with van der Waals surface area (Å²) in [6.45, 7) is 7.06. The molecule has 18 heavy (non-hydrogen) atoms. The third kappa shape index (κ3) is 6.02. The summed E-state index contributed by atoms with van der Waals surface area (Å²) in [6, 6.07) is 11.1. The SMILES string of the molecule is CCC[P+](CCC)(CCC)Cc1ccccc1.[I-]. The van der Waals surface area contributed by atoms with Gasteiger partial charge in [-0.15, -0.1) is 0 Å². The molecule has 0 saturated heterocycles. The van der Waals surface area contributed by atoms with Crippen LogP contribution in [0, 0.1) is 0 Å². The van der Waals surface area contributed by atoms with Gasteiger partial charge in [-0.05, 0) is 24.8 Å². The molecule has 0 amide bonds. The lowest BCUT2D eigenvalue weighted by atomic mass is 10.2. The topological polar surface area (TPSA) is 0 Å². The van der Waals surface area contributed by atoms with Gasteiger partial charge in [-0.3, -0.25) is 0 Å². The number of halogens is 1. The van der Waals surface area contributed by atoms with E-state index in [4.69, 9.17) is 0 Å². The van der Waals surface area contributed by atoms with E-state index in [2.05, 4.69) is 51.1 Å². The molecule has 0 N–H and O–H groups in total. The summed E-state index contributed by atoms with van der Waals surface area (Å²) >= 11 is 0. The van der Waals surface area contributed by atoms with Crippen molar-refractivity contribution in [3.05, 3.63) is 35.9 Å². The standard InChI is InChI=1S/C16H28P.HI/c1-4-12-17(13-5-2,14-6-3)15-16-10-8-7-9-11-16;/h7-11H,4-6,12-15H2,1-3H3;1H/q+1;/p-1. The minimum absolute atomic E-state index is 0. The number of hydrogen-bond donors (Lipinski definition) is 0. The maximum atomic E-state index is 2.35. The Kier molecular flexibility index (Phi) is 10.4. The highest BCUT2D eigenvalue weighted by molar-refractivity contribution is 7.75. The van der Waals surface area contributed by atoms with Crippen LogP contribution in [0.1, 0.15) is 45.6 Å². The van der Waals surface area contributed by atoms with Crippen molar-refractivity contribution in [1.29, 1.82) is 0 Å². The van der Waals surface area contributed by atoms with E-state index >= 15 is 0 Å². The van der Waals surface area contributed by atoms with Gasteiger partial charge in [-0.25, -0.2) is 0 Å². The largest absolute Gasteiger partial charge is 1.00 e. The Labute approximate surface area is 131 Å². The van der Waals surface area contributed by atoms with E-state index in [0.29, 0.717) is 0 Å². The molecule has 0 saturated carbocycles. The van der Waals surface area contributed by atoms with Crippen molar-refractivity contribution in [2.45, 2.75) is 46.2 Å². The van der Waals surface area contributed by atoms with E-state index in [1.807, 2.05) is 0 Å². The van der Waals surface area contributed by atoms with Gasteiger partial charge in [0.25, 0.3) is 0 Å². The van der Waals surface area contributed by atoms with Gasteiger partial charge in [0.1, 0.15) is 0 Å². The summed E-state index contributed by atoms with van der Waals surface area (Å²) in [5.41, 5.74) is 1.57. The molecule has 2 heteroatoms. The van der Waals surface area contributed by atoms with Crippen LogP contribution in [0.5, 0.6) is 0 Å². The minimum atomic E-state index is -0.718. The zero-order chi connectivity index (χ0) is 12.6. The highest BCUT2D eigenvalue weighted by Gasteiger charge is 2.34. The summed E-state index contributed by atoms with van der Waals surface area (Å²) < 4.78 is 0. The van der Waals surface area contributed by atoms with E-state index in [0.717, 1.165) is 0 Å². The van der Waals surface area contributed by atoms with Gasteiger partial charge in [-0.2, -0.15) is 0 Å². The molecule has 1 rings (SSSR count). The lowest BCUT2D eigenvalue weighted by Crippen LogP contribution is -3.00. The van der Waals surface area contributed by atoms with Crippen molar-refractivity contribution in [2.75, 3.05) is 18.5 Å². The minimum Gasteiger partial charge on any atom is -1.00 e. The third-order valence-electron chi connectivity index (χ3n) is 3.45. The lowest BCUT2D eigenvalue weighted by molar-refractivity contribution is -0.00000389. The van der Waals surface area contributed by atoms with E-state index in [-0.39, 0.29) is 24.0 Å². The van der Waals surface area contributed by atoms with Crippen molar-refractivity contribution in [3.8, 4) is 0 Å². The zero-order valence-corrected chi connectivity index (χ0v) is 15.2. The highest BCUT2D eigenvalue weighted by atomic mass is 127.